The van der Waals surface area contributed by atoms with Gasteiger partial charge in [-0.1, -0.05) is 6.07 Å². The van der Waals surface area contributed by atoms with Crippen LogP contribution in [0.1, 0.15) is 13.3 Å². The second kappa shape index (κ2) is 6.54. The molecule has 1 aromatic rings. The minimum absolute atomic E-state index is 0.0808. The number of ether oxygens (including phenoxy) is 3. The molecule has 0 aromatic carbocycles. The fourth-order valence-corrected chi connectivity index (χ4v) is 5.90. The third kappa shape index (κ3) is 2.95. The van der Waals surface area contributed by atoms with Gasteiger partial charge < -0.3 is 14.2 Å². The first-order valence-electron chi connectivity index (χ1n) is 7.42. The van der Waals surface area contributed by atoms with E-state index in [1.165, 1.54) is 11.3 Å². The lowest BCUT2D eigenvalue weighted by Crippen LogP contribution is -2.59. The average molecular weight is 347 g/mol. The van der Waals surface area contributed by atoms with Crippen molar-refractivity contribution in [3.05, 3.63) is 17.5 Å². The van der Waals surface area contributed by atoms with Crippen molar-refractivity contribution in [3.63, 3.8) is 0 Å². The fraction of sp³-hybridized carbons (Fsp3) is 0.714. The molecule has 2 aliphatic rings. The lowest BCUT2D eigenvalue weighted by molar-refractivity contribution is -0.0314. The highest BCUT2D eigenvalue weighted by Crippen LogP contribution is 2.37. The highest BCUT2D eigenvalue weighted by molar-refractivity contribution is 7.91. The number of hydrogen-bond donors (Lipinski definition) is 0. The van der Waals surface area contributed by atoms with Crippen molar-refractivity contribution in [1.29, 1.82) is 0 Å². The zero-order valence-electron chi connectivity index (χ0n) is 12.6. The van der Waals surface area contributed by atoms with Gasteiger partial charge in [-0.2, -0.15) is 4.31 Å². The SMILES string of the molecule is CCOCC1CC2(COCCN2S(=O)(=O)c2cccs2)CO1. The molecule has 8 heteroatoms. The van der Waals surface area contributed by atoms with Gasteiger partial charge in [0.25, 0.3) is 10.0 Å². The van der Waals surface area contributed by atoms with E-state index in [0.29, 0.717) is 50.2 Å². The maximum Gasteiger partial charge on any atom is 0.253 e. The Bertz CT molecular complexity index is 588. The van der Waals surface area contributed by atoms with E-state index in [0.717, 1.165) is 0 Å². The summed E-state index contributed by atoms with van der Waals surface area (Å²) in [5.41, 5.74) is -0.608. The van der Waals surface area contributed by atoms with Gasteiger partial charge in [-0.05, 0) is 24.8 Å². The molecular weight excluding hydrogens is 326 g/mol. The normalized spacial score (nSPS) is 30.1. The van der Waals surface area contributed by atoms with Gasteiger partial charge in [0.2, 0.25) is 0 Å². The topological polar surface area (TPSA) is 65.1 Å². The molecule has 3 rings (SSSR count). The molecule has 0 amide bonds. The summed E-state index contributed by atoms with van der Waals surface area (Å²) in [6.07, 6.45) is 0.528. The van der Waals surface area contributed by atoms with Crippen LogP contribution in [0.25, 0.3) is 0 Å². The van der Waals surface area contributed by atoms with Gasteiger partial charge in [-0.3, -0.25) is 0 Å². The van der Waals surface area contributed by atoms with Gasteiger partial charge in [-0.25, -0.2) is 8.42 Å². The summed E-state index contributed by atoms with van der Waals surface area (Å²) >= 11 is 1.24. The van der Waals surface area contributed by atoms with Gasteiger partial charge in [0.1, 0.15) is 4.21 Å². The van der Waals surface area contributed by atoms with Gasteiger partial charge in [0.15, 0.2) is 0 Å². The Balaban J connectivity index is 1.83. The fourth-order valence-electron chi connectivity index (χ4n) is 3.06. The third-order valence-corrected chi connectivity index (χ3v) is 7.46. The van der Waals surface area contributed by atoms with Gasteiger partial charge in [0.05, 0.1) is 38.1 Å². The smallest absolute Gasteiger partial charge is 0.253 e. The molecule has 2 unspecified atom stereocenters. The van der Waals surface area contributed by atoms with Crippen molar-refractivity contribution in [1.82, 2.24) is 4.31 Å². The van der Waals surface area contributed by atoms with Crippen molar-refractivity contribution >= 4 is 21.4 Å². The van der Waals surface area contributed by atoms with E-state index in [1.807, 2.05) is 6.92 Å². The molecule has 2 fully saturated rings. The van der Waals surface area contributed by atoms with Crippen molar-refractivity contribution in [2.75, 3.05) is 39.6 Å². The summed E-state index contributed by atoms with van der Waals surface area (Å²) in [5, 5.41) is 1.78. The standard InChI is InChI=1S/C14H21NO5S2/c1-2-18-9-12-8-14(11-20-12)10-19-6-5-15(14)22(16,17)13-4-3-7-21-13/h3-4,7,12H,2,5-6,8-11H2,1H3. The van der Waals surface area contributed by atoms with Crippen molar-refractivity contribution in [2.24, 2.45) is 0 Å². The predicted octanol–water partition coefficient (Wildman–Crippen LogP) is 1.33. The van der Waals surface area contributed by atoms with Crippen LogP contribution in [0.5, 0.6) is 0 Å². The van der Waals surface area contributed by atoms with Crippen LogP contribution in [0.4, 0.5) is 0 Å². The minimum Gasteiger partial charge on any atom is -0.379 e. The lowest BCUT2D eigenvalue weighted by atomic mass is 9.96. The molecule has 2 atom stereocenters. The lowest BCUT2D eigenvalue weighted by Gasteiger charge is -2.42. The van der Waals surface area contributed by atoms with Crippen molar-refractivity contribution in [3.8, 4) is 0 Å². The molecule has 2 aliphatic heterocycles. The van der Waals surface area contributed by atoms with E-state index in [2.05, 4.69) is 0 Å². The number of morpholine rings is 1. The van der Waals surface area contributed by atoms with Crippen LogP contribution < -0.4 is 0 Å². The molecule has 0 saturated carbocycles. The van der Waals surface area contributed by atoms with Crippen LogP contribution in [-0.4, -0.2) is 63.9 Å². The molecule has 0 radical (unpaired) electrons. The first kappa shape index (κ1) is 16.4. The number of nitrogens with zero attached hydrogens (tertiary/aromatic N) is 1. The maximum absolute atomic E-state index is 12.9. The van der Waals surface area contributed by atoms with Crippen molar-refractivity contribution < 1.29 is 22.6 Å². The summed E-state index contributed by atoms with van der Waals surface area (Å²) in [6, 6.07) is 3.41. The molecule has 124 valence electrons. The Labute approximate surface area is 135 Å². The first-order chi connectivity index (χ1) is 10.6. The average Bonchev–Trinajstić information content (AvgIpc) is 3.16. The van der Waals surface area contributed by atoms with Crippen LogP contribution in [0.3, 0.4) is 0 Å². The van der Waals surface area contributed by atoms with Gasteiger partial charge >= 0.3 is 0 Å². The Morgan fingerprint density at radius 3 is 3.09 bits per heavy atom. The summed E-state index contributed by atoms with van der Waals surface area (Å²) < 4.78 is 44.6. The minimum atomic E-state index is -3.50. The predicted molar refractivity (Wildman–Crippen MR) is 82.6 cm³/mol. The molecule has 0 bridgehead atoms. The first-order valence-corrected chi connectivity index (χ1v) is 9.74. The molecule has 3 heterocycles. The third-order valence-electron chi connectivity index (χ3n) is 4.08. The van der Waals surface area contributed by atoms with E-state index in [9.17, 15) is 8.42 Å². The Hall–Kier alpha value is -0.510. The Morgan fingerprint density at radius 1 is 1.50 bits per heavy atom. The Kier molecular flexibility index (Phi) is 4.86. The molecule has 1 aromatic heterocycles. The van der Waals surface area contributed by atoms with E-state index in [4.69, 9.17) is 14.2 Å². The highest BCUT2D eigenvalue weighted by atomic mass is 32.2. The summed E-state index contributed by atoms with van der Waals surface area (Å²) in [5.74, 6) is 0. The summed E-state index contributed by atoms with van der Waals surface area (Å²) in [4.78, 5) is 0. The number of hydrogen-bond acceptors (Lipinski definition) is 6. The van der Waals surface area contributed by atoms with E-state index < -0.39 is 15.6 Å². The van der Waals surface area contributed by atoms with Gasteiger partial charge in [0, 0.05) is 13.2 Å². The zero-order valence-corrected chi connectivity index (χ0v) is 14.2. The molecule has 1 spiro atoms. The van der Waals surface area contributed by atoms with Crippen LogP contribution in [0.2, 0.25) is 0 Å². The largest absolute Gasteiger partial charge is 0.379 e. The zero-order chi connectivity index (χ0) is 15.6. The number of thiophene rings is 1. The van der Waals surface area contributed by atoms with E-state index >= 15 is 0 Å². The summed E-state index contributed by atoms with van der Waals surface area (Å²) in [6.45, 7) is 4.57. The van der Waals surface area contributed by atoms with E-state index in [1.54, 1.807) is 21.8 Å². The quantitative estimate of drug-likeness (QED) is 0.804. The molecule has 2 saturated heterocycles. The molecule has 6 nitrogen and oxygen atoms in total. The number of rotatable bonds is 5. The highest BCUT2D eigenvalue weighted by Gasteiger charge is 2.52. The molecular formula is C14H21NO5S2. The van der Waals surface area contributed by atoms with Crippen LogP contribution in [-0.2, 0) is 24.2 Å². The second-order valence-corrected chi connectivity index (χ2v) is 8.62. The van der Waals surface area contributed by atoms with Crippen molar-refractivity contribution in [2.45, 2.75) is 29.2 Å². The second-order valence-electron chi connectivity index (χ2n) is 5.58. The Morgan fingerprint density at radius 2 is 2.36 bits per heavy atom. The van der Waals surface area contributed by atoms with Gasteiger partial charge in [-0.15, -0.1) is 11.3 Å². The monoisotopic (exact) mass is 347 g/mol. The molecule has 0 aliphatic carbocycles. The maximum atomic E-state index is 12.9. The van der Waals surface area contributed by atoms with Crippen LogP contribution >= 0.6 is 11.3 Å². The van der Waals surface area contributed by atoms with Crippen LogP contribution in [0.15, 0.2) is 21.7 Å². The van der Waals surface area contributed by atoms with Crippen LogP contribution in [0, 0.1) is 0 Å². The van der Waals surface area contributed by atoms with E-state index in [-0.39, 0.29) is 6.10 Å². The summed E-state index contributed by atoms with van der Waals surface area (Å²) in [7, 11) is -3.50. The molecule has 22 heavy (non-hydrogen) atoms. The molecule has 0 N–H and O–H groups in total. The number of sulfonamides is 1.